The molecule has 0 aliphatic carbocycles. The highest BCUT2D eigenvalue weighted by atomic mass is 35.5. The summed E-state index contributed by atoms with van der Waals surface area (Å²) in [5, 5.41) is 3.64. The molecule has 0 radical (unpaired) electrons. The van der Waals surface area contributed by atoms with Gasteiger partial charge >= 0.3 is 0 Å². The van der Waals surface area contributed by atoms with Crippen LogP contribution in [-0.4, -0.2) is 50.5 Å². The first kappa shape index (κ1) is 30.9. The second-order valence-electron chi connectivity index (χ2n) is 10.0. The third kappa shape index (κ3) is 8.62. The second-order valence-corrected chi connectivity index (χ2v) is 12.8. The van der Waals surface area contributed by atoms with Crippen LogP contribution in [0.3, 0.4) is 0 Å². The molecule has 0 aliphatic rings. The van der Waals surface area contributed by atoms with Crippen LogP contribution in [0.4, 0.5) is 5.69 Å². The first-order valence-corrected chi connectivity index (χ1v) is 14.9. The van der Waals surface area contributed by atoms with Crippen molar-refractivity contribution in [3.05, 3.63) is 63.6 Å². The largest absolute Gasteiger partial charge is 0.354 e. The normalized spacial score (nSPS) is 12.6. The number of nitrogens with zero attached hydrogens (tertiary/aromatic N) is 2. The Labute approximate surface area is 231 Å². The van der Waals surface area contributed by atoms with E-state index in [4.69, 9.17) is 23.2 Å². The SMILES string of the molecule is CCCNC(=O)[C@H](CC)N(Cc1ccc(Cl)cc1Cl)C(=O)CN(c1ccc(C(C)(C)C)cc1)S(C)(=O)=O. The van der Waals surface area contributed by atoms with E-state index in [0.29, 0.717) is 34.3 Å². The highest BCUT2D eigenvalue weighted by Gasteiger charge is 2.32. The van der Waals surface area contributed by atoms with Crippen molar-refractivity contribution in [3.63, 3.8) is 0 Å². The number of hydrogen-bond acceptors (Lipinski definition) is 4. The fourth-order valence-corrected chi connectivity index (χ4v) is 5.18. The molecule has 0 saturated carbocycles. The monoisotopic (exact) mass is 569 g/mol. The summed E-state index contributed by atoms with van der Waals surface area (Å²) >= 11 is 12.4. The Morgan fingerprint density at radius 2 is 1.65 bits per heavy atom. The van der Waals surface area contributed by atoms with E-state index in [0.717, 1.165) is 22.5 Å². The van der Waals surface area contributed by atoms with Crippen molar-refractivity contribution in [2.45, 2.75) is 65.5 Å². The van der Waals surface area contributed by atoms with Crippen molar-refractivity contribution in [2.75, 3.05) is 23.7 Å². The third-order valence-corrected chi connectivity index (χ3v) is 7.72. The highest BCUT2D eigenvalue weighted by molar-refractivity contribution is 7.92. The van der Waals surface area contributed by atoms with Gasteiger partial charge in [-0.2, -0.15) is 0 Å². The van der Waals surface area contributed by atoms with Crippen molar-refractivity contribution in [3.8, 4) is 0 Å². The number of halogens is 2. The smallest absolute Gasteiger partial charge is 0.244 e. The van der Waals surface area contributed by atoms with Gasteiger partial charge < -0.3 is 10.2 Å². The second kappa shape index (κ2) is 13.0. The van der Waals surface area contributed by atoms with Crippen molar-refractivity contribution >= 4 is 50.7 Å². The maximum absolute atomic E-state index is 13.7. The molecule has 1 atom stereocenters. The number of carbonyl (C=O) groups is 2. The summed E-state index contributed by atoms with van der Waals surface area (Å²) in [5.41, 5.74) is 1.89. The fraction of sp³-hybridized carbons (Fsp3) is 0.481. The molecule has 1 N–H and O–H groups in total. The minimum atomic E-state index is -3.81. The third-order valence-electron chi connectivity index (χ3n) is 5.99. The Kier molecular flexibility index (Phi) is 10.9. The summed E-state index contributed by atoms with van der Waals surface area (Å²) in [6.45, 7) is 9.96. The lowest BCUT2D eigenvalue weighted by Gasteiger charge is -2.33. The Bertz CT molecular complexity index is 1200. The first-order chi connectivity index (χ1) is 17.2. The lowest BCUT2D eigenvalue weighted by atomic mass is 9.87. The van der Waals surface area contributed by atoms with Gasteiger partial charge in [0.15, 0.2) is 0 Å². The molecule has 0 fully saturated rings. The van der Waals surface area contributed by atoms with Crippen molar-refractivity contribution in [1.82, 2.24) is 10.2 Å². The Morgan fingerprint density at radius 1 is 1.03 bits per heavy atom. The van der Waals surface area contributed by atoms with E-state index in [-0.39, 0.29) is 17.9 Å². The summed E-state index contributed by atoms with van der Waals surface area (Å²) in [7, 11) is -3.81. The van der Waals surface area contributed by atoms with Gasteiger partial charge in [0.2, 0.25) is 21.8 Å². The summed E-state index contributed by atoms with van der Waals surface area (Å²) in [6.07, 6.45) is 2.14. The molecule has 0 bridgehead atoms. The fourth-order valence-electron chi connectivity index (χ4n) is 3.86. The van der Waals surface area contributed by atoms with Gasteiger partial charge in [0.25, 0.3) is 0 Å². The standard InChI is InChI=1S/C27H37Cl2N3O4S/c1-7-15-30-26(34)24(8-2)31(17-19-9-12-21(28)16-23(19)29)25(33)18-32(37(6,35)36)22-13-10-20(11-14-22)27(3,4)5/h9-14,16,24H,7-8,15,17-18H2,1-6H3,(H,30,34)/t24-/m0/s1. The molecule has 0 saturated heterocycles. The topological polar surface area (TPSA) is 86.8 Å². The number of benzene rings is 2. The number of amides is 2. The Hall–Kier alpha value is -2.29. The quantitative estimate of drug-likeness (QED) is 0.393. The first-order valence-electron chi connectivity index (χ1n) is 12.3. The van der Waals surface area contributed by atoms with E-state index in [9.17, 15) is 18.0 Å². The molecule has 2 aromatic carbocycles. The van der Waals surface area contributed by atoms with E-state index in [1.54, 1.807) is 37.3 Å². The van der Waals surface area contributed by atoms with Gasteiger partial charge in [0.1, 0.15) is 12.6 Å². The van der Waals surface area contributed by atoms with Crippen LogP contribution >= 0.6 is 23.2 Å². The van der Waals surface area contributed by atoms with Crippen LogP contribution in [0.2, 0.25) is 10.0 Å². The Balaban J connectivity index is 2.46. The van der Waals surface area contributed by atoms with Gasteiger partial charge in [-0.3, -0.25) is 13.9 Å². The van der Waals surface area contributed by atoms with Gasteiger partial charge in [-0.25, -0.2) is 8.42 Å². The maximum Gasteiger partial charge on any atom is 0.244 e. The molecule has 10 heteroatoms. The van der Waals surface area contributed by atoms with Gasteiger partial charge in [-0.1, -0.05) is 76.0 Å². The van der Waals surface area contributed by atoms with E-state index >= 15 is 0 Å². The Morgan fingerprint density at radius 3 is 2.14 bits per heavy atom. The molecule has 0 aliphatic heterocycles. The molecule has 2 rings (SSSR count). The lowest BCUT2D eigenvalue weighted by Crippen LogP contribution is -2.52. The van der Waals surface area contributed by atoms with Gasteiger partial charge in [-0.15, -0.1) is 0 Å². The van der Waals surface area contributed by atoms with E-state index < -0.39 is 28.5 Å². The van der Waals surface area contributed by atoms with Gasteiger partial charge in [-0.05, 0) is 53.6 Å². The zero-order valence-electron chi connectivity index (χ0n) is 22.3. The minimum Gasteiger partial charge on any atom is -0.354 e. The van der Waals surface area contributed by atoms with Crippen molar-refractivity contribution in [2.24, 2.45) is 0 Å². The molecule has 2 amide bonds. The lowest BCUT2D eigenvalue weighted by molar-refractivity contribution is -0.140. The predicted octanol–water partition coefficient (Wildman–Crippen LogP) is 5.39. The summed E-state index contributed by atoms with van der Waals surface area (Å²) in [5.74, 6) is -0.821. The summed E-state index contributed by atoms with van der Waals surface area (Å²) < 4.78 is 26.6. The molecule has 7 nitrogen and oxygen atoms in total. The summed E-state index contributed by atoms with van der Waals surface area (Å²) in [6, 6.07) is 11.2. The highest BCUT2D eigenvalue weighted by Crippen LogP contribution is 2.27. The van der Waals surface area contributed by atoms with Crippen molar-refractivity contribution < 1.29 is 18.0 Å². The van der Waals surface area contributed by atoms with E-state index in [1.165, 1.54) is 4.90 Å². The minimum absolute atomic E-state index is 0.0213. The molecule has 0 spiro atoms. The van der Waals surface area contributed by atoms with Gasteiger partial charge in [0, 0.05) is 23.1 Å². The average Bonchev–Trinajstić information content (AvgIpc) is 2.81. The molecular formula is C27H37Cl2N3O4S. The number of hydrogen-bond donors (Lipinski definition) is 1. The van der Waals surface area contributed by atoms with Crippen LogP contribution in [0.5, 0.6) is 0 Å². The van der Waals surface area contributed by atoms with Crippen LogP contribution in [0, 0.1) is 0 Å². The molecule has 0 aromatic heterocycles. The summed E-state index contributed by atoms with van der Waals surface area (Å²) in [4.78, 5) is 28.1. The molecule has 204 valence electrons. The molecular weight excluding hydrogens is 533 g/mol. The average molecular weight is 571 g/mol. The molecule has 2 aromatic rings. The van der Waals surface area contributed by atoms with Crippen LogP contribution < -0.4 is 9.62 Å². The predicted molar refractivity (Wildman–Crippen MR) is 152 cm³/mol. The zero-order valence-corrected chi connectivity index (χ0v) is 24.7. The molecule has 0 heterocycles. The van der Waals surface area contributed by atoms with Crippen molar-refractivity contribution in [1.29, 1.82) is 0 Å². The van der Waals surface area contributed by atoms with Gasteiger partial charge in [0.05, 0.1) is 11.9 Å². The number of carbonyl (C=O) groups excluding carboxylic acids is 2. The number of anilines is 1. The number of rotatable bonds is 11. The van der Waals surface area contributed by atoms with Crippen LogP contribution in [0.15, 0.2) is 42.5 Å². The number of nitrogens with one attached hydrogen (secondary N) is 1. The van der Waals surface area contributed by atoms with Crippen LogP contribution in [0.1, 0.15) is 58.6 Å². The van der Waals surface area contributed by atoms with E-state index in [1.807, 2.05) is 19.1 Å². The van der Waals surface area contributed by atoms with Crippen LogP contribution in [-0.2, 0) is 31.6 Å². The van der Waals surface area contributed by atoms with E-state index in [2.05, 4.69) is 26.1 Å². The zero-order chi connectivity index (χ0) is 28.0. The van der Waals surface area contributed by atoms with Crippen LogP contribution in [0.25, 0.3) is 0 Å². The maximum atomic E-state index is 13.7. The molecule has 37 heavy (non-hydrogen) atoms. The molecule has 0 unspecified atom stereocenters. The number of sulfonamides is 1.